The second-order valence-electron chi connectivity index (χ2n) is 4.85. The molecule has 6 nitrogen and oxygen atoms in total. The van der Waals surface area contributed by atoms with E-state index in [0.717, 1.165) is 5.56 Å². The van der Waals surface area contributed by atoms with Crippen LogP contribution in [0.15, 0.2) is 47.6 Å². The molecule has 0 bridgehead atoms. The number of nitrogens with zero attached hydrogens (tertiary/aromatic N) is 1. The Morgan fingerprint density at radius 2 is 2.13 bits per heavy atom. The number of methoxy groups -OCH3 is 1. The molecule has 6 heteroatoms. The Morgan fingerprint density at radius 3 is 2.83 bits per heavy atom. The standard InChI is InChI=1S/C17H18N2O4/c1-12-4-3-5-14(8-12)19-17(20)11-23-16-9-15(22-2)7-6-13(16)10-18-21/h3-10,21H,11H2,1-2H3,(H,19,20)/b18-10-. The van der Waals surface area contributed by atoms with Crippen molar-refractivity contribution in [3.63, 3.8) is 0 Å². The maximum Gasteiger partial charge on any atom is 0.262 e. The molecule has 0 aromatic heterocycles. The van der Waals surface area contributed by atoms with Gasteiger partial charge in [0.25, 0.3) is 5.91 Å². The van der Waals surface area contributed by atoms with E-state index in [4.69, 9.17) is 14.7 Å². The molecule has 2 N–H and O–H groups in total. The Labute approximate surface area is 134 Å². The summed E-state index contributed by atoms with van der Waals surface area (Å²) in [5.74, 6) is 0.682. The molecular weight excluding hydrogens is 296 g/mol. The number of benzene rings is 2. The molecule has 2 aromatic carbocycles. The summed E-state index contributed by atoms with van der Waals surface area (Å²) in [7, 11) is 1.53. The van der Waals surface area contributed by atoms with Crippen molar-refractivity contribution in [1.29, 1.82) is 0 Å². The van der Waals surface area contributed by atoms with E-state index >= 15 is 0 Å². The first-order valence-corrected chi connectivity index (χ1v) is 6.97. The van der Waals surface area contributed by atoms with Crippen molar-refractivity contribution in [2.24, 2.45) is 5.16 Å². The summed E-state index contributed by atoms with van der Waals surface area (Å²) >= 11 is 0. The van der Waals surface area contributed by atoms with Crippen LogP contribution >= 0.6 is 0 Å². The first-order valence-electron chi connectivity index (χ1n) is 6.97. The van der Waals surface area contributed by atoms with Crippen molar-refractivity contribution in [1.82, 2.24) is 0 Å². The molecule has 0 heterocycles. The van der Waals surface area contributed by atoms with Crippen LogP contribution in [0.1, 0.15) is 11.1 Å². The molecule has 0 atom stereocenters. The summed E-state index contributed by atoms with van der Waals surface area (Å²) in [6, 6.07) is 12.5. The minimum absolute atomic E-state index is 0.173. The van der Waals surface area contributed by atoms with Crippen LogP contribution in [-0.2, 0) is 4.79 Å². The van der Waals surface area contributed by atoms with Gasteiger partial charge in [0.15, 0.2) is 6.61 Å². The van der Waals surface area contributed by atoms with Crippen LogP contribution < -0.4 is 14.8 Å². The molecular formula is C17H18N2O4. The molecule has 0 saturated heterocycles. The minimum Gasteiger partial charge on any atom is -0.497 e. The lowest BCUT2D eigenvalue weighted by molar-refractivity contribution is -0.118. The Kier molecular flexibility index (Phi) is 5.57. The molecule has 1 amide bonds. The van der Waals surface area contributed by atoms with Crippen LogP contribution in [0.4, 0.5) is 5.69 Å². The molecule has 0 saturated carbocycles. The van der Waals surface area contributed by atoms with Gasteiger partial charge in [0.05, 0.1) is 13.3 Å². The second-order valence-corrected chi connectivity index (χ2v) is 4.85. The van der Waals surface area contributed by atoms with Crippen LogP contribution in [0.2, 0.25) is 0 Å². The van der Waals surface area contributed by atoms with E-state index in [0.29, 0.717) is 22.7 Å². The number of hydrogen-bond acceptors (Lipinski definition) is 5. The Balaban J connectivity index is 2.03. The van der Waals surface area contributed by atoms with E-state index in [1.165, 1.54) is 13.3 Å². The molecule has 0 fully saturated rings. The number of carbonyl (C=O) groups excluding carboxylic acids is 1. The normalized spacial score (nSPS) is 10.5. The van der Waals surface area contributed by atoms with Crippen LogP contribution in [-0.4, -0.2) is 31.0 Å². The first-order chi connectivity index (χ1) is 11.1. The third kappa shape index (κ3) is 4.74. The average molecular weight is 314 g/mol. The average Bonchev–Trinajstić information content (AvgIpc) is 2.54. The fourth-order valence-electron chi connectivity index (χ4n) is 2.00. The fraction of sp³-hybridized carbons (Fsp3) is 0.176. The molecule has 0 aliphatic rings. The van der Waals surface area contributed by atoms with E-state index in [9.17, 15) is 4.79 Å². The molecule has 0 unspecified atom stereocenters. The molecule has 0 aliphatic carbocycles. The fourth-order valence-corrected chi connectivity index (χ4v) is 2.00. The van der Waals surface area contributed by atoms with Crippen molar-refractivity contribution >= 4 is 17.8 Å². The topological polar surface area (TPSA) is 80.2 Å². The van der Waals surface area contributed by atoms with Gasteiger partial charge >= 0.3 is 0 Å². The lowest BCUT2D eigenvalue weighted by atomic mass is 10.2. The number of anilines is 1. The first kappa shape index (κ1) is 16.4. The zero-order valence-electron chi connectivity index (χ0n) is 12.9. The van der Waals surface area contributed by atoms with Crippen molar-refractivity contribution < 1.29 is 19.5 Å². The smallest absolute Gasteiger partial charge is 0.262 e. The quantitative estimate of drug-likeness (QED) is 0.488. The van der Waals surface area contributed by atoms with Gasteiger partial charge in [0, 0.05) is 17.3 Å². The highest BCUT2D eigenvalue weighted by atomic mass is 16.5. The van der Waals surface area contributed by atoms with Gasteiger partial charge in [0.2, 0.25) is 0 Å². The highest BCUT2D eigenvalue weighted by molar-refractivity contribution is 5.92. The summed E-state index contributed by atoms with van der Waals surface area (Å²) in [6.07, 6.45) is 1.23. The lowest BCUT2D eigenvalue weighted by Gasteiger charge is -2.11. The van der Waals surface area contributed by atoms with Crippen LogP contribution in [0.5, 0.6) is 11.5 Å². The number of aryl methyl sites for hydroxylation is 1. The van der Waals surface area contributed by atoms with Crippen LogP contribution in [0.25, 0.3) is 0 Å². The van der Waals surface area contributed by atoms with Gasteiger partial charge in [0.1, 0.15) is 11.5 Å². The summed E-state index contributed by atoms with van der Waals surface area (Å²) < 4.78 is 10.6. The largest absolute Gasteiger partial charge is 0.497 e. The summed E-state index contributed by atoms with van der Waals surface area (Å²) in [5, 5.41) is 14.4. The number of oxime groups is 1. The monoisotopic (exact) mass is 314 g/mol. The molecule has 23 heavy (non-hydrogen) atoms. The SMILES string of the molecule is COc1ccc(/C=N\O)c(OCC(=O)Nc2cccc(C)c2)c1. The van der Waals surface area contributed by atoms with Crippen molar-refractivity contribution in [3.8, 4) is 11.5 Å². The molecule has 120 valence electrons. The molecule has 2 rings (SSSR count). The zero-order valence-corrected chi connectivity index (χ0v) is 12.9. The second kappa shape index (κ2) is 7.84. The number of nitrogens with one attached hydrogen (secondary N) is 1. The Hall–Kier alpha value is -3.02. The minimum atomic E-state index is -0.287. The molecule has 0 aliphatic heterocycles. The van der Waals surface area contributed by atoms with E-state index in [1.807, 2.05) is 25.1 Å². The van der Waals surface area contributed by atoms with E-state index in [1.54, 1.807) is 24.3 Å². The highest BCUT2D eigenvalue weighted by Crippen LogP contribution is 2.23. The Morgan fingerprint density at radius 1 is 1.30 bits per heavy atom. The van der Waals surface area contributed by atoms with E-state index in [-0.39, 0.29) is 12.5 Å². The highest BCUT2D eigenvalue weighted by Gasteiger charge is 2.08. The van der Waals surface area contributed by atoms with Gasteiger partial charge in [-0.1, -0.05) is 17.3 Å². The molecule has 2 aromatic rings. The van der Waals surface area contributed by atoms with Crippen LogP contribution in [0.3, 0.4) is 0 Å². The number of amides is 1. The van der Waals surface area contributed by atoms with Gasteiger partial charge in [-0.2, -0.15) is 0 Å². The van der Waals surface area contributed by atoms with Crippen molar-refractivity contribution in [2.75, 3.05) is 19.0 Å². The Bertz CT molecular complexity index is 713. The van der Waals surface area contributed by atoms with Gasteiger partial charge < -0.3 is 20.0 Å². The van der Waals surface area contributed by atoms with Gasteiger partial charge in [-0.15, -0.1) is 0 Å². The molecule has 0 radical (unpaired) electrons. The summed E-state index contributed by atoms with van der Waals surface area (Å²) in [5.41, 5.74) is 2.30. The third-order valence-corrected chi connectivity index (χ3v) is 3.08. The van der Waals surface area contributed by atoms with Crippen molar-refractivity contribution in [2.45, 2.75) is 6.92 Å². The lowest BCUT2D eigenvalue weighted by Crippen LogP contribution is -2.20. The summed E-state index contributed by atoms with van der Waals surface area (Å²) in [4.78, 5) is 12.0. The number of ether oxygens (including phenoxy) is 2. The molecule has 0 spiro atoms. The zero-order chi connectivity index (χ0) is 16.7. The number of hydrogen-bond donors (Lipinski definition) is 2. The number of rotatable bonds is 6. The number of carbonyl (C=O) groups is 1. The predicted octanol–water partition coefficient (Wildman–Crippen LogP) is 2.83. The third-order valence-electron chi connectivity index (χ3n) is 3.08. The predicted molar refractivity (Wildman–Crippen MR) is 87.7 cm³/mol. The maximum absolute atomic E-state index is 12.0. The summed E-state index contributed by atoms with van der Waals surface area (Å²) in [6.45, 7) is 1.77. The van der Waals surface area contributed by atoms with E-state index < -0.39 is 0 Å². The van der Waals surface area contributed by atoms with Gasteiger partial charge in [-0.25, -0.2) is 0 Å². The van der Waals surface area contributed by atoms with Crippen LogP contribution in [0, 0.1) is 6.92 Å². The van der Waals surface area contributed by atoms with E-state index in [2.05, 4.69) is 10.5 Å². The van der Waals surface area contributed by atoms with Crippen molar-refractivity contribution in [3.05, 3.63) is 53.6 Å². The van der Waals surface area contributed by atoms with Gasteiger partial charge in [-0.3, -0.25) is 4.79 Å². The van der Waals surface area contributed by atoms with Gasteiger partial charge in [-0.05, 0) is 36.8 Å². The maximum atomic E-state index is 12.0.